The number of aromatic nitrogens is 2. The Morgan fingerprint density at radius 1 is 1.10 bits per heavy atom. The summed E-state index contributed by atoms with van der Waals surface area (Å²) in [6.45, 7) is 3.63. The van der Waals surface area contributed by atoms with Crippen LogP contribution >= 0.6 is 0 Å². The van der Waals surface area contributed by atoms with Crippen molar-refractivity contribution >= 4 is 34.2 Å². The number of aryl methyl sites for hydroxylation is 1. The van der Waals surface area contributed by atoms with E-state index in [2.05, 4.69) is 20.2 Å². The Morgan fingerprint density at radius 2 is 1.90 bits per heavy atom. The van der Waals surface area contributed by atoms with E-state index in [1.54, 1.807) is 37.3 Å². The average molecular weight is 412 g/mol. The molecule has 0 aliphatic carbocycles. The van der Waals surface area contributed by atoms with Crippen molar-refractivity contribution in [2.24, 2.45) is 0 Å². The largest absolute Gasteiger partial charge is 0.479 e. The van der Waals surface area contributed by atoms with Crippen molar-refractivity contribution in [3.63, 3.8) is 0 Å². The Balaban J connectivity index is 1.42. The van der Waals surface area contributed by atoms with E-state index in [-0.39, 0.29) is 11.8 Å². The molecule has 1 unspecified atom stereocenters. The van der Waals surface area contributed by atoms with Crippen molar-refractivity contribution in [1.82, 2.24) is 9.55 Å². The van der Waals surface area contributed by atoms with Gasteiger partial charge >= 0.3 is 0 Å². The molecule has 0 saturated heterocycles. The third-order valence-electron chi connectivity index (χ3n) is 5.27. The van der Waals surface area contributed by atoms with Gasteiger partial charge in [-0.3, -0.25) is 14.2 Å². The normalized spacial score (nSPS) is 15.2. The van der Waals surface area contributed by atoms with Gasteiger partial charge in [0.25, 0.3) is 11.8 Å². The highest BCUT2D eigenvalue weighted by molar-refractivity contribution is 6.07. The third-order valence-corrected chi connectivity index (χ3v) is 5.27. The molecule has 4 aromatic rings. The van der Waals surface area contributed by atoms with E-state index in [0.717, 1.165) is 22.5 Å². The second kappa shape index (κ2) is 7.28. The van der Waals surface area contributed by atoms with Gasteiger partial charge in [0.15, 0.2) is 6.10 Å². The minimum absolute atomic E-state index is 0.217. The number of hydrogen-bond acceptors (Lipinski definition) is 4. The fourth-order valence-electron chi connectivity index (χ4n) is 3.73. The second-order valence-electron chi connectivity index (χ2n) is 7.45. The zero-order valence-electron chi connectivity index (χ0n) is 17.0. The first-order valence-corrected chi connectivity index (χ1v) is 9.97. The Bertz CT molecular complexity index is 1330. The summed E-state index contributed by atoms with van der Waals surface area (Å²) in [5.41, 5.74) is 4.29. The highest BCUT2D eigenvalue weighted by Gasteiger charge is 2.23. The van der Waals surface area contributed by atoms with Gasteiger partial charge in [-0.05, 0) is 62.4 Å². The van der Waals surface area contributed by atoms with Gasteiger partial charge in [-0.25, -0.2) is 4.98 Å². The van der Waals surface area contributed by atoms with Gasteiger partial charge in [-0.15, -0.1) is 0 Å². The van der Waals surface area contributed by atoms with Gasteiger partial charge in [0, 0.05) is 16.9 Å². The van der Waals surface area contributed by atoms with Crippen LogP contribution in [-0.2, 0) is 4.79 Å². The molecule has 1 aliphatic heterocycles. The highest BCUT2D eigenvalue weighted by Crippen LogP contribution is 2.32. The van der Waals surface area contributed by atoms with Gasteiger partial charge < -0.3 is 15.4 Å². The number of anilines is 2. The number of rotatable bonds is 3. The van der Waals surface area contributed by atoms with Gasteiger partial charge in [-0.1, -0.05) is 18.2 Å². The Morgan fingerprint density at radius 3 is 2.71 bits per heavy atom. The predicted octanol–water partition coefficient (Wildman–Crippen LogP) is 4.31. The summed E-state index contributed by atoms with van der Waals surface area (Å²) in [6, 6.07) is 20.6. The molecule has 31 heavy (non-hydrogen) atoms. The fourth-order valence-corrected chi connectivity index (χ4v) is 3.73. The number of amides is 2. The van der Waals surface area contributed by atoms with Gasteiger partial charge in [-0.2, -0.15) is 0 Å². The van der Waals surface area contributed by atoms with Crippen molar-refractivity contribution < 1.29 is 14.3 Å². The van der Waals surface area contributed by atoms with Crippen LogP contribution in [0.4, 0.5) is 11.4 Å². The molecule has 1 aromatic heterocycles. The molecular formula is C24H20N4O3. The van der Waals surface area contributed by atoms with Crippen molar-refractivity contribution in [1.29, 1.82) is 0 Å². The number of fused-ring (bicyclic) bond motifs is 2. The average Bonchev–Trinajstić information content (AvgIpc) is 3.10. The van der Waals surface area contributed by atoms with Crippen molar-refractivity contribution in [2.45, 2.75) is 20.0 Å². The summed E-state index contributed by atoms with van der Waals surface area (Å²) in [5, 5.41) is 5.66. The van der Waals surface area contributed by atoms with Crippen molar-refractivity contribution in [3.05, 3.63) is 78.1 Å². The lowest BCUT2D eigenvalue weighted by atomic mass is 10.1. The van der Waals surface area contributed by atoms with Crippen molar-refractivity contribution in [3.8, 4) is 11.4 Å². The molecule has 0 fully saturated rings. The smallest absolute Gasteiger partial charge is 0.265 e. The quantitative estimate of drug-likeness (QED) is 0.525. The van der Waals surface area contributed by atoms with Crippen LogP contribution < -0.4 is 15.4 Å². The van der Waals surface area contributed by atoms with Gasteiger partial charge in [0.2, 0.25) is 0 Å². The summed E-state index contributed by atoms with van der Waals surface area (Å²) in [6.07, 6.45) is -0.543. The van der Waals surface area contributed by atoms with Crippen LogP contribution in [0.5, 0.6) is 5.75 Å². The van der Waals surface area contributed by atoms with Gasteiger partial charge in [0.1, 0.15) is 11.6 Å². The molecule has 2 heterocycles. The number of nitrogens with zero attached hydrogens (tertiary/aromatic N) is 2. The first-order valence-electron chi connectivity index (χ1n) is 9.97. The Labute approximate surface area is 178 Å². The zero-order chi connectivity index (χ0) is 21.5. The SMILES string of the molecule is Cc1nc2cc(C(=O)Nc3ccc4c(c3)NC(=O)C(C)O4)ccc2n1-c1ccccc1. The van der Waals surface area contributed by atoms with Crippen LogP contribution in [0.2, 0.25) is 0 Å². The molecule has 2 N–H and O–H groups in total. The lowest BCUT2D eigenvalue weighted by Gasteiger charge is -2.23. The number of carbonyl (C=O) groups excluding carboxylic acids is 2. The topological polar surface area (TPSA) is 85.2 Å². The van der Waals surface area contributed by atoms with Crippen LogP contribution in [0.1, 0.15) is 23.1 Å². The molecular weight excluding hydrogens is 392 g/mol. The summed E-state index contributed by atoms with van der Waals surface area (Å²) >= 11 is 0. The van der Waals surface area contributed by atoms with E-state index in [4.69, 9.17) is 4.74 Å². The van der Waals surface area contributed by atoms with E-state index in [9.17, 15) is 9.59 Å². The highest BCUT2D eigenvalue weighted by atomic mass is 16.5. The molecule has 0 bridgehead atoms. The van der Waals surface area contributed by atoms with E-state index < -0.39 is 6.10 Å². The predicted molar refractivity (Wildman–Crippen MR) is 119 cm³/mol. The third kappa shape index (κ3) is 3.40. The molecule has 0 radical (unpaired) electrons. The maximum atomic E-state index is 12.8. The molecule has 7 heteroatoms. The maximum absolute atomic E-state index is 12.8. The van der Waals surface area contributed by atoms with E-state index in [1.807, 2.05) is 43.3 Å². The van der Waals surface area contributed by atoms with E-state index >= 15 is 0 Å². The molecule has 0 saturated carbocycles. The van der Waals surface area contributed by atoms with Crippen LogP contribution in [0.15, 0.2) is 66.7 Å². The molecule has 7 nitrogen and oxygen atoms in total. The Hall–Kier alpha value is -4.13. The maximum Gasteiger partial charge on any atom is 0.265 e. The summed E-state index contributed by atoms with van der Waals surface area (Å²) in [7, 11) is 0. The number of imidazole rings is 1. The first-order chi connectivity index (χ1) is 15.0. The van der Waals surface area contributed by atoms with Crippen LogP contribution in [0, 0.1) is 6.92 Å². The molecule has 2 amide bonds. The van der Waals surface area contributed by atoms with Crippen LogP contribution in [0.3, 0.4) is 0 Å². The minimum Gasteiger partial charge on any atom is -0.479 e. The number of nitrogens with one attached hydrogen (secondary N) is 2. The molecule has 1 atom stereocenters. The fraction of sp³-hybridized carbons (Fsp3) is 0.125. The first kappa shape index (κ1) is 18.9. The summed E-state index contributed by atoms with van der Waals surface area (Å²) < 4.78 is 7.61. The van der Waals surface area contributed by atoms with Gasteiger partial charge in [0.05, 0.1) is 16.7 Å². The second-order valence-corrected chi connectivity index (χ2v) is 7.45. The Kier molecular flexibility index (Phi) is 4.43. The molecule has 154 valence electrons. The number of para-hydroxylation sites is 1. The zero-order valence-corrected chi connectivity index (χ0v) is 17.0. The summed E-state index contributed by atoms with van der Waals surface area (Å²) in [5.74, 6) is 0.947. The molecule has 0 spiro atoms. The van der Waals surface area contributed by atoms with E-state index in [1.165, 1.54) is 0 Å². The lowest BCUT2D eigenvalue weighted by molar-refractivity contribution is -0.122. The molecule has 1 aliphatic rings. The number of benzene rings is 3. The minimum atomic E-state index is -0.543. The van der Waals surface area contributed by atoms with E-state index in [0.29, 0.717) is 22.7 Å². The standard InChI is InChI=1S/C24H20N4O3/c1-14-23(29)27-20-13-17(9-11-22(20)31-14)26-24(30)16-8-10-21-19(12-16)25-15(2)28(21)18-6-4-3-5-7-18/h3-14H,1-2H3,(H,26,30)(H,27,29). The molecule has 3 aromatic carbocycles. The monoisotopic (exact) mass is 412 g/mol. The van der Waals surface area contributed by atoms with Crippen molar-refractivity contribution in [2.75, 3.05) is 10.6 Å². The number of carbonyl (C=O) groups is 2. The molecule has 5 rings (SSSR count). The summed E-state index contributed by atoms with van der Waals surface area (Å²) in [4.78, 5) is 29.3. The van der Waals surface area contributed by atoms with Crippen LogP contribution in [0.25, 0.3) is 16.7 Å². The lowest BCUT2D eigenvalue weighted by Crippen LogP contribution is -2.34. The van der Waals surface area contributed by atoms with Crippen LogP contribution in [-0.4, -0.2) is 27.5 Å². The number of hydrogen-bond donors (Lipinski definition) is 2. The number of ether oxygens (including phenoxy) is 1.